The van der Waals surface area contributed by atoms with E-state index >= 15 is 0 Å². The van der Waals surface area contributed by atoms with E-state index in [1.807, 2.05) is 37.5 Å². The number of nitrogens with one attached hydrogen (secondary N) is 1. The van der Waals surface area contributed by atoms with Crippen molar-refractivity contribution in [2.45, 2.75) is 44.9 Å². The third kappa shape index (κ3) is 6.29. The highest BCUT2D eigenvalue weighted by Crippen LogP contribution is 2.38. The van der Waals surface area contributed by atoms with Gasteiger partial charge in [-0.3, -0.25) is 4.68 Å². The summed E-state index contributed by atoms with van der Waals surface area (Å²) in [6.07, 6.45) is 9.60. The van der Waals surface area contributed by atoms with Gasteiger partial charge in [-0.1, -0.05) is 44.5 Å². The summed E-state index contributed by atoms with van der Waals surface area (Å²) in [6, 6.07) is 8.57. The van der Waals surface area contributed by atoms with Crippen molar-refractivity contribution in [2.75, 3.05) is 18.5 Å². The number of halogens is 2. The van der Waals surface area contributed by atoms with Gasteiger partial charge in [-0.2, -0.15) is 5.10 Å². The minimum atomic E-state index is -2.01. The Morgan fingerprint density at radius 2 is 1.97 bits per heavy atom. The molecule has 0 saturated carbocycles. The zero-order valence-electron chi connectivity index (χ0n) is 22.2. The van der Waals surface area contributed by atoms with Crippen LogP contribution in [0, 0.1) is 5.82 Å². The molecule has 3 aromatic rings. The van der Waals surface area contributed by atoms with Crippen LogP contribution < -0.4 is 5.32 Å². The van der Waals surface area contributed by atoms with E-state index in [1.54, 1.807) is 23.1 Å². The average molecular weight is 541 g/mol. The Kier molecular flexibility index (Phi) is 7.87. The molecule has 1 aliphatic heterocycles. The van der Waals surface area contributed by atoms with Crippen molar-refractivity contribution in [1.29, 1.82) is 0 Å². The zero-order valence-corrected chi connectivity index (χ0v) is 23.9. The molecule has 1 aromatic carbocycles. The molecule has 0 radical (unpaired) electrons. The fourth-order valence-electron chi connectivity index (χ4n) is 3.73. The first kappa shape index (κ1) is 27.0. The third-order valence-electron chi connectivity index (χ3n) is 7.12. The highest BCUT2D eigenvalue weighted by molar-refractivity contribution is 6.74. The highest BCUT2D eigenvalue weighted by atomic mass is 35.5. The van der Waals surface area contributed by atoms with Crippen LogP contribution in [0.1, 0.15) is 38.1 Å². The molecule has 3 heterocycles. The molecule has 1 N–H and O–H groups in total. The third-order valence-corrected chi connectivity index (χ3v) is 11.9. The summed E-state index contributed by atoms with van der Waals surface area (Å²) >= 11 is 5.98. The molecule has 0 saturated heterocycles. The van der Waals surface area contributed by atoms with Crippen LogP contribution >= 0.6 is 11.6 Å². The van der Waals surface area contributed by atoms with Gasteiger partial charge in [0, 0.05) is 32.1 Å². The van der Waals surface area contributed by atoms with Gasteiger partial charge in [-0.25, -0.2) is 14.4 Å². The van der Waals surface area contributed by atoms with Gasteiger partial charge >= 0.3 is 0 Å². The predicted molar refractivity (Wildman–Crippen MR) is 150 cm³/mol. The van der Waals surface area contributed by atoms with E-state index in [9.17, 15) is 4.39 Å². The smallest absolute Gasteiger partial charge is 0.228 e. The number of aryl methyl sites for hydroxylation is 1. The van der Waals surface area contributed by atoms with Crippen molar-refractivity contribution in [1.82, 2.24) is 24.6 Å². The van der Waals surface area contributed by atoms with Gasteiger partial charge in [0.15, 0.2) is 8.32 Å². The second-order valence-corrected chi connectivity index (χ2v) is 15.9. The first-order valence-electron chi connectivity index (χ1n) is 12.3. The topological polar surface area (TPSA) is 68.1 Å². The molecule has 0 aliphatic carbocycles. The first-order chi connectivity index (χ1) is 17.4. The van der Waals surface area contributed by atoms with Crippen LogP contribution in [0.5, 0.6) is 0 Å². The Morgan fingerprint density at radius 1 is 1.19 bits per heavy atom. The van der Waals surface area contributed by atoms with Crippen molar-refractivity contribution in [3.05, 3.63) is 83.2 Å². The summed E-state index contributed by atoms with van der Waals surface area (Å²) in [5.41, 5.74) is 2.62. The fraction of sp³-hybridized carbons (Fsp3) is 0.370. The van der Waals surface area contributed by atoms with Crippen molar-refractivity contribution in [2.24, 2.45) is 7.05 Å². The molecule has 196 valence electrons. The molecule has 0 amide bonds. The molecule has 0 fully saturated rings. The average Bonchev–Trinajstić information content (AvgIpc) is 3.25. The SMILES string of the molecule is Cn1nccc1Nc1nccc(C2=CCN([C@H](CO[Si](C)(C)C(C)(C)C)c3ccc(Cl)c(F)c3)C=C2)n1. The van der Waals surface area contributed by atoms with Crippen molar-refractivity contribution in [3.63, 3.8) is 0 Å². The van der Waals surface area contributed by atoms with Gasteiger partial charge in [0.2, 0.25) is 5.95 Å². The lowest BCUT2D eigenvalue weighted by molar-refractivity contribution is 0.177. The predicted octanol–water partition coefficient (Wildman–Crippen LogP) is 6.72. The molecular weight excluding hydrogens is 507 g/mol. The number of allylic oxidation sites excluding steroid dienone is 2. The van der Waals surface area contributed by atoms with Gasteiger partial charge in [-0.05, 0) is 53.5 Å². The molecule has 2 aromatic heterocycles. The summed E-state index contributed by atoms with van der Waals surface area (Å²) in [5, 5.41) is 7.54. The molecule has 0 unspecified atom stereocenters. The van der Waals surface area contributed by atoms with E-state index in [2.05, 4.69) is 65.2 Å². The maximum absolute atomic E-state index is 14.4. The number of anilines is 2. The van der Waals surface area contributed by atoms with E-state index in [0.717, 1.165) is 22.6 Å². The minimum Gasteiger partial charge on any atom is -0.414 e. The lowest BCUT2D eigenvalue weighted by atomic mass is 10.0. The number of hydrogen-bond donors (Lipinski definition) is 1. The van der Waals surface area contributed by atoms with E-state index in [0.29, 0.717) is 19.1 Å². The number of rotatable bonds is 8. The van der Waals surface area contributed by atoms with E-state index < -0.39 is 14.1 Å². The monoisotopic (exact) mass is 540 g/mol. The van der Waals surface area contributed by atoms with E-state index in [1.165, 1.54) is 6.07 Å². The van der Waals surface area contributed by atoms with Crippen LogP contribution in [-0.4, -0.2) is 46.1 Å². The van der Waals surface area contributed by atoms with Gasteiger partial charge in [0.1, 0.15) is 11.6 Å². The number of benzene rings is 1. The number of aromatic nitrogens is 4. The summed E-state index contributed by atoms with van der Waals surface area (Å²) < 4.78 is 22.7. The molecule has 10 heteroatoms. The Hall–Kier alpha value is -3.01. The normalized spacial score (nSPS) is 15.0. The maximum Gasteiger partial charge on any atom is 0.228 e. The van der Waals surface area contributed by atoms with Gasteiger partial charge in [0.05, 0.1) is 29.6 Å². The molecule has 0 bridgehead atoms. The number of nitrogens with zero attached hydrogens (tertiary/aromatic N) is 5. The molecule has 7 nitrogen and oxygen atoms in total. The standard InChI is InChI=1S/C27H34ClFN6OSi/c1-27(2,3)37(5,6)36-18-24(20-7-8-21(28)22(29)17-20)35-15-11-19(12-16-35)23-9-13-30-26(32-23)33-25-10-14-31-34(25)4/h7-15,17,24H,16,18H2,1-6H3,(H,30,32,33)/t24-/m1/s1. The lowest BCUT2D eigenvalue weighted by Crippen LogP contribution is -2.43. The Bertz CT molecular complexity index is 1320. The van der Waals surface area contributed by atoms with Crippen molar-refractivity contribution >= 4 is 37.3 Å². The molecular formula is C27H34ClFN6OSi. The second-order valence-electron chi connectivity index (χ2n) is 10.7. The van der Waals surface area contributed by atoms with E-state index in [4.69, 9.17) is 16.0 Å². The quantitative estimate of drug-likeness (QED) is 0.320. The van der Waals surface area contributed by atoms with Crippen LogP contribution in [0.2, 0.25) is 23.2 Å². The van der Waals surface area contributed by atoms with Crippen LogP contribution in [0.3, 0.4) is 0 Å². The maximum atomic E-state index is 14.4. The molecule has 4 rings (SSSR count). The van der Waals surface area contributed by atoms with Crippen LogP contribution in [0.15, 0.2) is 61.1 Å². The van der Waals surface area contributed by atoms with Crippen molar-refractivity contribution in [3.8, 4) is 0 Å². The Morgan fingerprint density at radius 3 is 2.59 bits per heavy atom. The van der Waals surface area contributed by atoms with Crippen LogP contribution in [0.25, 0.3) is 5.57 Å². The zero-order chi connectivity index (χ0) is 26.8. The second kappa shape index (κ2) is 10.8. The van der Waals surface area contributed by atoms with Crippen molar-refractivity contribution < 1.29 is 8.82 Å². The molecule has 1 aliphatic rings. The summed E-state index contributed by atoms with van der Waals surface area (Å²) in [6.45, 7) is 12.2. The summed E-state index contributed by atoms with van der Waals surface area (Å²) in [4.78, 5) is 11.2. The van der Waals surface area contributed by atoms with Gasteiger partial charge in [0.25, 0.3) is 0 Å². The molecule has 37 heavy (non-hydrogen) atoms. The molecule has 0 spiro atoms. The number of hydrogen-bond acceptors (Lipinski definition) is 6. The molecule has 1 atom stereocenters. The first-order valence-corrected chi connectivity index (χ1v) is 15.5. The summed E-state index contributed by atoms with van der Waals surface area (Å²) in [5.74, 6) is 0.870. The van der Waals surface area contributed by atoms with E-state index in [-0.39, 0.29) is 16.1 Å². The Balaban J connectivity index is 1.54. The summed E-state index contributed by atoms with van der Waals surface area (Å²) in [7, 11) is -0.156. The highest BCUT2D eigenvalue weighted by Gasteiger charge is 2.38. The fourth-order valence-corrected chi connectivity index (χ4v) is 4.85. The van der Waals surface area contributed by atoms with Gasteiger partial charge in [-0.15, -0.1) is 0 Å². The van der Waals surface area contributed by atoms with Gasteiger partial charge < -0.3 is 14.6 Å². The Labute approximate surface area is 224 Å². The van der Waals surface area contributed by atoms with Crippen LogP contribution in [-0.2, 0) is 11.5 Å². The lowest BCUT2D eigenvalue weighted by Gasteiger charge is -2.39. The largest absolute Gasteiger partial charge is 0.414 e. The minimum absolute atomic E-state index is 0.0713. The van der Waals surface area contributed by atoms with Crippen LogP contribution in [0.4, 0.5) is 16.2 Å².